The van der Waals surface area contributed by atoms with Crippen molar-refractivity contribution in [2.45, 2.75) is 45.6 Å². The molecular formula is C11H25NO2. The first-order valence-corrected chi connectivity index (χ1v) is 5.75. The molecule has 1 unspecified atom stereocenters. The SMILES string of the molecule is CCC(CC)C(O)CNCCCCO. The Morgan fingerprint density at radius 1 is 1.14 bits per heavy atom. The molecule has 0 amide bonds. The molecular weight excluding hydrogens is 178 g/mol. The number of hydrogen-bond acceptors (Lipinski definition) is 3. The highest BCUT2D eigenvalue weighted by Gasteiger charge is 2.14. The van der Waals surface area contributed by atoms with Crippen molar-refractivity contribution >= 4 is 0 Å². The lowest BCUT2D eigenvalue weighted by Gasteiger charge is -2.20. The van der Waals surface area contributed by atoms with Gasteiger partial charge in [-0.15, -0.1) is 0 Å². The Kier molecular flexibility index (Phi) is 9.35. The molecule has 0 saturated heterocycles. The van der Waals surface area contributed by atoms with Crippen molar-refractivity contribution in [1.29, 1.82) is 0 Å². The Morgan fingerprint density at radius 2 is 1.79 bits per heavy atom. The highest BCUT2D eigenvalue weighted by molar-refractivity contribution is 4.68. The Labute approximate surface area is 87.5 Å². The molecule has 0 bridgehead atoms. The van der Waals surface area contributed by atoms with Gasteiger partial charge in [0.25, 0.3) is 0 Å². The fourth-order valence-electron chi connectivity index (χ4n) is 1.61. The van der Waals surface area contributed by atoms with Crippen LogP contribution in [0.4, 0.5) is 0 Å². The second-order valence-electron chi connectivity index (χ2n) is 3.78. The molecule has 0 rings (SSSR count). The number of unbranched alkanes of at least 4 members (excludes halogenated alkanes) is 1. The summed E-state index contributed by atoms with van der Waals surface area (Å²) in [5.41, 5.74) is 0. The van der Waals surface area contributed by atoms with Crippen LogP contribution in [0.1, 0.15) is 39.5 Å². The molecule has 0 fully saturated rings. The average molecular weight is 203 g/mol. The van der Waals surface area contributed by atoms with Crippen LogP contribution >= 0.6 is 0 Å². The molecule has 3 nitrogen and oxygen atoms in total. The summed E-state index contributed by atoms with van der Waals surface area (Å²) >= 11 is 0. The molecule has 0 aromatic heterocycles. The molecule has 3 heteroatoms. The van der Waals surface area contributed by atoms with Gasteiger partial charge in [0, 0.05) is 13.2 Å². The van der Waals surface area contributed by atoms with Crippen LogP contribution in [0.3, 0.4) is 0 Å². The second-order valence-corrected chi connectivity index (χ2v) is 3.78. The summed E-state index contributed by atoms with van der Waals surface area (Å²) in [7, 11) is 0. The summed E-state index contributed by atoms with van der Waals surface area (Å²) in [5, 5.41) is 21.5. The summed E-state index contributed by atoms with van der Waals surface area (Å²) in [6, 6.07) is 0. The minimum atomic E-state index is -0.223. The van der Waals surface area contributed by atoms with Crippen molar-refractivity contribution in [3.63, 3.8) is 0 Å². The van der Waals surface area contributed by atoms with Gasteiger partial charge in [0.2, 0.25) is 0 Å². The molecule has 0 aliphatic heterocycles. The first-order chi connectivity index (χ1) is 6.76. The largest absolute Gasteiger partial charge is 0.396 e. The van der Waals surface area contributed by atoms with Crippen molar-refractivity contribution in [2.24, 2.45) is 5.92 Å². The summed E-state index contributed by atoms with van der Waals surface area (Å²) < 4.78 is 0. The minimum absolute atomic E-state index is 0.223. The van der Waals surface area contributed by atoms with Gasteiger partial charge in [0.15, 0.2) is 0 Å². The second kappa shape index (κ2) is 9.44. The molecule has 1 atom stereocenters. The van der Waals surface area contributed by atoms with Crippen LogP contribution in [0.15, 0.2) is 0 Å². The summed E-state index contributed by atoms with van der Waals surface area (Å²) in [6.45, 7) is 6.05. The zero-order valence-corrected chi connectivity index (χ0v) is 9.50. The zero-order valence-electron chi connectivity index (χ0n) is 9.50. The van der Waals surface area contributed by atoms with Gasteiger partial charge in [-0.25, -0.2) is 0 Å². The lowest BCUT2D eigenvalue weighted by atomic mass is 9.96. The van der Waals surface area contributed by atoms with E-state index in [2.05, 4.69) is 19.2 Å². The third-order valence-electron chi connectivity index (χ3n) is 2.71. The van der Waals surface area contributed by atoms with E-state index in [0.29, 0.717) is 12.5 Å². The van der Waals surface area contributed by atoms with Gasteiger partial charge in [0.1, 0.15) is 0 Å². The van der Waals surface area contributed by atoms with Crippen molar-refractivity contribution in [3.8, 4) is 0 Å². The number of aliphatic hydroxyl groups is 2. The van der Waals surface area contributed by atoms with Gasteiger partial charge in [-0.1, -0.05) is 26.7 Å². The molecule has 86 valence electrons. The van der Waals surface area contributed by atoms with E-state index < -0.39 is 0 Å². The van der Waals surface area contributed by atoms with Crippen molar-refractivity contribution in [3.05, 3.63) is 0 Å². The Balaban J connectivity index is 3.37. The van der Waals surface area contributed by atoms with Crippen LogP contribution in [0, 0.1) is 5.92 Å². The third kappa shape index (κ3) is 6.35. The standard InChI is InChI=1S/C11H25NO2/c1-3-10(4-2)11(14)9-12-7-5-6-8-13/h10-14H,3-9H2,1-2H3. The van der Waals surface area contributed by atoms with Crippen molar-refractivity contribution < 1.29 is 10.2 Å². The van der Waals surface area contributed by atoms with Crippen LogP contribution < -0.4 is 5.32 Å². The molecule has 0 aromatic rings. The molecule has 0 spiro atoms. The van der Waals surface area contributed by atoms with Crippen LogP contribution in [-0.2, 0) is 0 Å². The van der Waals surface area contributed by atoms with Gasteiger partial charge in [-0.05, 0) is 25.3 Å². The van der Waals surface area contributed by atoms with Crippen LogP contribution in [0.25, 0.3) is 0 Å². The first-order valence-electron chi connectivity index (χ1n) is 5.75. The highest BCUT2D eigenvalue weighted by atomic mass is 16.3. The fourth-order valence-corrected chi connectivity index (χ4v) is 1.61. The van der Waals surface area contributed by atoms with Crippen LogP contribution in [0.2, 0.25) is 0 Å². The number of rotatable bonds is 9. The smallest absolute Gasteiger partial charge is 0.0692 e. The fraction of sp³-hybridized carbons (Fsp3) is 1.00. The van der Waals surface area contributed by atoms with E-state index in [1.165, 1.54) is 0 Å². The first kappa shape index (κ1) is 13.9. The van der Waals surface area contributed by atoms with Gasteiger partial charge in [0.05, 0.1) is 6.10 Å². The number of hydrogen-bond donors (Lipinski definition) is 3. The number of aliphatic hydroxyl groups excluding tert-OH is 2. The van der Waals surface area contributed by atoms with Crippen LogP contribution in [0.5, 0.6) is 0 Å². The summed E-state index contributed by atoms with van der Waals surface area (Å²) in [4.78, 5) is 0. The third-order valence-corrected chi connectivity index (χ3v) is 2.71. The van der Waals surface area contributed by atoms with Gasteiger partial charge in [-0.2, -0.15) is 0 Å². The Hall–Kier alpha value is -0.120. The maximum absolute atomic E-state index is 9.75. The van der Waals surface area contributed by atoms with E-state index >= 15 is 0 Å². The molecule has 14 heavy (non-hydrogen) atoms. The molecule has 0 radical (unpaired) electrons. The maximum Gasteiger partial charge on any atom is 0.0692 e. The van der Waals surface area contributed by atoms with Gasteiger partial charge < -0.3 is 15.5 Å². The summed E-state index contributed by atoms with van der Waals surface area (Å²) in [5.74, 6) is 0.417. The minimum Gasteiger partial charge on any atom is -0.396 e. The van der Waals surface area contributed by atoms with E-state index in [0.717, 1.165) is 32.2 Å². The topological polar surface area (TPSA) is 52.5 Å². The van der Waals surface area contributed by atoms with E-state index in [9.17, 15) is 5.11 Å². The zero-order chi connectivity index (χ0) is 10.8. The van der Waals surface area contributed by atoms with Gasteiger partial charge >= 0.3 is 0 Å². The molecule has 0 aromatic carbocycles. The monoisotopic (exact) mass is 203 g/mol. The van der Waals surface area contributed by atoms with E-state index in [4.69, 9.17) is 5.11 Å². The van der Waals surface area contributed by atoms with Crippen LogP contribution in [-0.4, -0.2) is 36.0 Å². The Morgan fingerprint density at radius 3 is 2.29 bits per heavy atom. The quantitative estimate of drug-likeness (QED) is 0.493. The lowest BCUT2D eigenvalue weighted by molar-refractivity contribution is 0.101. The van der Waals surface area contributed by atoms with E-state index in [1.807, 2.05) is 0 Å². The van der Waals surface area contributed by atoms with E-state index in [1.54, 1.807) is 0 Å². The molecule has 0 aliphatic carbocycles. The molecule has 0 aliphatic rings. The predicted molar refractivity (Wildman–Crippen MR) is 59.3 cm³/mol. The maximum atomic E-state index is 9.75. The van der Waals surface area contributed by atoms with E-state index in [-0.39, 0.29) is 12.7 Å². The van der Waals surface area contributed by atoms with Gasteiger partial charge in [-0.3, -0.25) is 0 Å². The lowest BCUT2D eigenvalue weighted by Crippen LogP contribution is -2.33. The average Bonchev–Trinajstić information content (AvgIpc) is 2.19. The highest BCUT2D eigenvalue weighted by Crippen LogP contribution is 2.11. The Bertz CT molecular complexity index is 116. The van der Waals surface area contributed by atoms with Crippen molar-refractivity contribution in [2.75, 3.05) is 19.7 Å². The predicted octanol–water partition coefficient (Wildman–Crippen LogP) is 1.15. The van der Waals surface area contributed by atoms with Crippen molar-refractivity contribution in [1.82, 2.24) is 5.32 Å². The number of nitrogens with one attached hydrogen (secondary N) is 1. The molecule has 0 saturated carbocycles. The normalized spacial score (nSPS) is 13.5. The molecule has 3 N–H and O–H groups in total. The molecule has 0 heterocycles. The summed E-state index contributed by atoms with van der Waals surface area (Å²) in [6.07, 6.45) is 3.67.